The first-order valence-corrected chi connectivity index (χ1v) is 7.60. The molecule has 11 heteroatoms. The number of hydrogen-bond acceptors (Lipinski definition) is 6. The smallest absolute Gasteiger partial charge is 0.493 e. The Labute approximate surface area is 133 Å². The van der Waals surface area contributed by atoms with E-state index in [0.717, 1.165) is 0 Å². The van der Waals surface area contributed by atoms with Gasteiger partial charge in [-0.15, -0.1) is 0 Å². The average Bonchev–Trinajstić information content (AvgIpc) is 2.44. The van der Waals surface area contributed by atoms with Gasteiger partial charge < -0.3 is 13.7 Å². The number of pyridine rings is 1. The molecule has 1 heterocycles. The van der Waals surface area contributed by atoms with E-state index >= 15 is 0 Å². The molecule has 2 rings (SSSR count). The molecule has 0 aliphatic heterocycles. The van der Waals surface area contributed by atoms with Crippen LogP contribution in [0.5, 0.6) is 17.4 Å². The molecule has 0 amide bonds. The molecule has 0 radical (unpaired) electrons. The monoisotopic (exact) mass is 371 g/mol. The van der Waals surface area contributed by atoms with Gasteiger partial charge in [-0.3, -0.25) is 0 Å². The molecule has 0 spiro atoms. The van der Waals surface area contributed by atoms with Crippen molar-refractivity contribution < 1.29 is 35.2 Å². The second-order valence-electron chi connectivity index (χ2n) is 4.16. The standard InChI is InChI=1S/C12H9ClF3NO5S/c1-20-8-3-6-4-10(13)17-11(7(6)5-9(8)21-2)22-23(18,19)12(14,15)16/h3-5H,1-2H3. The van der Waals surface area contributed by atoms with Crippen molar-refractivity contribution in [1.82, 2.24) is 4.98 Å². The first-order chi connectivity index (χ1) is 10.6. The number of ether oxygens (including phenoxy) is 2. The summed E-state index contributed by atoms with van der Waals surface area (Å²) >= 11 is 5.70. The summed E-state index contributed by atoms with van der Waals surface area (Å²) in [6.07, 6.45) is 0. The van der Waals surface area contributed by atoms with E-state index in [9.17, 15) is 21.6 Å². The van der Waals surface area contributed by atoms with Crippen LogP contribution in [0, 0.1) is 0 Å². The number of alkyl halides is 3. The maximum absolute atomic E-state index is 12.5. The molecule has 0 N–H and O–H groups in total. The van der Waals surface area contributed by atoms with Gasteiger partial charge in [-0.25, -0.2) is 0 Å². The van der Waals surface area contributed by atoms with Crippen molar-refractivity contribution in [2.75, 3.05) is 14.2 Å². The highest BCUT2D eigenvalue weighted by molar-refractivity contribution is 7.88. The highest BCUT2D eigenvalue weighted by Gasteiger charge is 2.49. The van der Waals surface area contributed by atoms with E-state index in [1.165, 1.54) is 32.4 Å². The van der Waals surface area contributed by atoms with Gasteiger partial charge in [0.1, 0.15) is 5.15 Å². The van der Waals surface area contributed by atoms with Gasteiger partial charge in [-0.1, -0.05) is 11.6 Å². The highest BCUT2D eigenvalue weighted by atomic mass is 35.5. The first-order valence-electron chi connectivity index (χ1n) is 5.82. The Hall–Kier alpha value is -1.94. The molecule has 0 saturated carbocycles. The number of rotatable bonds is 4. The molecular weight excluding hydrogens is 363 g/mol. The number of benzene rings is 1. The molecule has 1 aromatic carbocycles. The molecule has 0 atom stereocenters. The largest absolute Gasteiger partial charge is 0.534 e. The molecule has 126 valence electrons. The van der Waals surface area contributed by atoms with Gasteiger partial charge in [0.25, 0.3) is 0 Å². The molecular formula is C12H9ClF3NO5S. The molecule has 1 aromatic heterocycles. The molecule has 0 bridgehead atoms. The van der Waals surface area contributed by atoms with Crippen molar-refractivity contribution >= 4 is 32.5 Å². The van der Waals surface area contributed by atoms with E-state index in [1.807, 2.05) is 0 Å². The molecule has 6 nitrogen and oxygen atoms in total. The van der Waals surface area contributed by atoms with Gasteiger partial charge in [0.05, 0.1) is 14.2 Å². The van der Waals surface area contributed by atoms with Crippen LogP contribution in [0.2, 0.25) is 5.15 Å². The van der Waals surface area contributed by atoms with E-state index < -0.39 is 21.5 Å². The Bertz CT molecular complexity index is 854. The van der Waals surface area contributed by atoms with Crippen LogP contribution in [0.1, 0.15) is 0 Å². The summed E-state index contributed by atoms with van der Waals surface area (Å²) in [6.45, 7) is 0. The van der Waals surface area contributed by atoms with Crippen LogP contribution in [0.4, 0.5) is 13.2 Å². The van der Waals surface area contributed by atoms with Crippen molar-refractivity contribution in [3.8, 4) is 17.4 Å². The van der Waals surface area contributed by atoms with Crippen LogP contribution in [0.15, 0.2) is 18.2 Å². The lowest BCUT2D eigenvalue weighted by molar-refractivity contribution is -0.0500. The van der Waals surface area contributed by atoms with E-state index in [4.69, 9.17) is 21.1 Å². The predicted octanol–water partition coefficient (Wildman–Crippen LogP) is 3.13. The van der Waals surface area contributed by atoms with Gasteiger partial charge in [0.2, 0.25) is 5.88 Å². The summed E-state index contributed by atoms with van der Waals surface area (Å²) in [5, 5.41) is -0.0352. The predicted molar refractivity (Wildman–Crippen MR) is 75.5 cm³/mol. The second kappa shape index (κ2) is 5.93. The average molecular weight is 372 g/mol. The Morgan fingerprint density at radius 1 is 1.09 bits per heavy atom. The quantitative estimate of drug-likeness (QED) is 0.467. The first kappa shape index (κ1) is 17.4. The minimum Gasteiger partial charge on any atom is -0.493 e. The van der Waals surface area contributed by atoms with E-state index in [2.05, 4.69) is 9.17 Å². The number of aromatic nitrogens is 1. The third-order valence-electron chi connectivity index (χ3n) is 2.74. The number of fused-ring (bicyclic) bond motifs is 1. The summed E-state index contributed by atoms with van der Waals surface area (Å²) in [5.74, 6) is -0.393. The normalized spacial score (nSPS) is 12.3. The molecule has 0 saturated heterocycles. The van der Waals surface area contributed by atoms with Crippen molar-refractivity contribution in [3.05, 3.63) is 23.4 Å². The molecule has 0 unspecified atom stereocenters. The minimum atomic E-state index is -5.89. The van der Waals surface area contributed by atoms with E-state index in [1.54, 1.807) is 0 Å². The molecule has 0 aliphatic rings. The van der Waals surface area contributed by atoms with Crippen LogP contribution in [-0.2, 0) is 10.1 Å². The lowest BCUT2D eigenvalue weighted by Crippen LogP contribution is -2.28. The topological polar surface area (TPSA) is 74.7 Å². The third kappa shape index (κ3) is 3.37. The second-order valence-corrected chi connectivity index (χ2v) is 6.09. The lowest BCUT2D eigenvalue weighted by atomic mass is 10.1. The molecule has 2 aromatic rings. The summed E-state index contributed by atoms with van der Waals surface area (Å²) in [5.41, 5.74) is -5.60. The van der Waals surface area contributed by atoms with Crippen LogP contribution < -0.4 is 13.7 Å². The van der Waals surface area contributed by atoms with Gasteiger partial charge in [0.15, 0.2) is 11.5 Å². The molecule has 0 aliphatic carbocycles. The third-order valence-corrected chi connectivity index (χ3v) is 3.88. The Balaban J connectivity index is 2.69. The van der Waals surface area contributed by atoms with Crippen LogP contribution in [-0.4, -0.2) is 33.1 Å². The minimum absolute atomic E-state index is 0.0418. The molecule has 0 fully saturated rings. The van der Waals surface area contributed by atoms with Crippen LogP contribution >= 0.6 is 11.6 Å². The highest BCUT2D eigenvalue weighted by Crippen LogP contribution is 2.38. The number of methoxy groups -OCH3 is 2. The zero-order valence-electron chi connectivity index (χ0n) is 11.6. The van der Waals surface area contributed by atoms with Gasteiger partial charge in [-0.2, -0.15) is 26.6 Å². The summed E-state index contributed by atoms with van der Waals surface area (Å²) in [6, 6.07) is 3.94. The number of hydrogen-bond donors (Lipinski definition) is 0. The fourth-order valence-electron chi connectivity index (χ4n) is 1.73. The van der Waals surface area contributed by atoms with E-state index in [0.29, 0.717) is 0 Å². The summed E-state index contributed by atoms with van der Waals surface area (Å²) in [4.78, 5) is 3.50. The summed E-state index contributed by atoms with van der Waals surface area (Å²) < 4.78 is 73.9. The van der Waals surface area contributed by atoms with Gasteiger partial charge in [0, 0.05) is 5.39 Å². The maximum atomic E-state index is 12.5. The Morgan fingerprint density at radius 3 is 2.17 bits per heavy atom. The van der Waals surface area contributed by atoms with Crippen molar-refractivity contribution in [2.24, 2.45) is 0 Å². The Kier molecular flexibility index (Phi) is 4.49. The van der Waals surface area contributed by atoms with E-state index in [-0.39, 0.29) is 27.4 Å². The number of nitrogens with zero attached hydrogens (tertiary/aromatic N) is 1. The fourth-order valence-corrected chi connectivity index (χ4v) is 2.36. The van der Waals surface area contributed by atoms with Crippen molar-refractivity contribution in [1.29, 1.82) is 0 Å². The van der Waals surface area contributed by atoms with Crippen LogP contribution in [0.25, 0.3) is 10.8 Å². The zero-order chi connectivity index (χ0) is 17.4. The Morgan fingerprint density at radius 2 is 1.65 bits per heavy atom. The fraction of sp³-hybridized carbons (Fsp3) is 0.250. The number of halogens is 4. The summed E-state index contributed by atoms with van der Waals surface area (Å²) in [7, 11) is -3.22. The maximum Gasteiger partial charge on any atom is 0.534 e. The van der Waals surface area contributed by atoms with Gasteiger partial charge >= 0.3 is 15.6 Å². The zero-order valence-corrected chi connectivity index (χ0v) is 13.2. The molecule has 23 heavy (non-hydrogen) atoms. The van der Waals surface area contributed by atoms with Crippen LogP contribution in [0.3, 0.4) is 0 Å². The lowest BCUT2D eigenvalue weighted by Gasteiger charge is -2.13. The van der Waals surface area contributed by atoms with Gasteiger partial charge in [-0.05, 0) is 23.6 Å². The van der Waals surface area contributed by atoms with Crippen molar-refractivity contribution in [3.63, 3.8) is 0 Å². The SMILES string of the molecule is COc1cc2cc(Cl)nc(OS(=O)(=O)C(F)(F)F)c2cc1OC. The van der Waals surface area contributed by atoms with Crippen molar-refractivity contribution in [2.45, 2.75) is 5.51 Å².